The zero-order valence-electron chi connectivity index (χ0n) is 11.3. The zero-order valence-corrected chi connectivity index (χ0v) is 11.3. The molecule has 0 aliphatic heterocycles. The Hall–Kier alpha value is -1.75. The van der Waals surface area contributed by atoms with Crippen molar-refractivity contribution < 1.29 is 14.4 Å². The van der Waals surface area contributed by atoms with Gasteiger partial charge in [-0.25, -0.2) is 5.06 Å². The van der Waals surface area contributed by atoms with E-state index in [4.69, 9.17) is 15.3 Å². The van der Waals surface area contributed by atoms with Gasteiger partial charge in [0.25, 0.3) is 5.91 Å². The van der Waals surface area contributed by atoms with E-state index < -0.39 is 0 Å². The molecule has 1 amide bonds. The number of nitrogen functional groups attached to an aromatic ring is 1. The first-order valence-electron chi connectivity index (χ1n) is 5.80. The van der Waals surface area contributed by atoms with Gasteiger partial charge in [-0.1, -0.05) is 13.8 Å². The van der Waals surface area contributed by atoms with Crippen molar-refractivity contribution in [3.8, 4) is 5.75 Å². The molecule has 0 heterocycles. The SMILES string of the molecule is CON(C)C(=O)c1cc(OCC(C)C)ccc1N. The molecule has 0 fully saturated rings. The van der Waals surface area contributed by atoms with E-state index >= 15 is 0 Å². The summed E-state index contributed by atoms with van der Waals surface area (Å²) < 4.78 is 5.56. The van der Waals surface area contributed by atoms with E-state index in [1.165, 1.54) is 14.2 Å². The van der Waals surface area contributed by atoms with Crippen molar-refractivity contribution >= 4 is 11.6 Å². The number of ether oxygens (including phenoxy) is 1. The molecule has 0 atom stereocenters. The second-order valence-electron chi connectivity index (χ2n) is 4.44. The fourth-order valence-electron chi connectivity index (χ4n) is 1.33. The molecule has 5 heteroatoms. The van der Waals surface area contributed by atoms with Gasteiger partial charge in [-0.05, 0) is 24.1 Å². The third-order valence-corrected chi connectivity index (χ3v) is 2.40. The Bertz CT molecular complexity index is 419. The summed E-state index contributed by atoms with van der Waals surface area (Å²) >= 11 is 0. The summed E-state index contributed by atoms with van der Waals surface area (Å²) in [5.41, 5.74) is 6.56. The third-order valence-electron chi connectivity index (χ3n) is 2.40. The van der Waals surface area contributed by atoms with E-state index in [1.807, 2.05) is 0 Å². The lowest BCUT2D eigenvalue weighted by Gasteiger charge is -2.16. The fraction of sp³-hybridized carbons (Fsp3) is 0.462. The lowest BCUT2D eigenvalue weighted by Crippen LogP contribution is -2.26. The van der Waals surface area contributed by atoms with Crippen LogP contribution in [0.1, 0.15) is 24.2 Å². The van der Waals surface area contributed by atoms with E-state index in [2.05, 4.69) is 13.8 Å². The molecular formula is C13H20N2O3. The van der Waals surface area contributed by atoms with E-state index in [1.54, 1.807) is 18.2 Å². The Labute approximate surface area is 107 Å². The molecule has 1 aromatic carbocycles. The van der Waals surface area contributed by atoms with Gasteiger partial charge in [0.05, 0.1) is 19.3 Å². The predicted octanol–water partition coefficient (Wildman–Crippen LogP) is 1.94. The molecule has 0 saturated heterocycles. The molecule has 1 aromatic rings. The minimum absolute atomic E-state index is 0.301. The summed E-state index contributed by atoms with van der Waals surface area (Å²) in [6.45, 7) is 4.71. The van der Waals surface area contributed by atoms with Crippen LogP contribution in [-0.4, -0.2) is 31.7 Å². The maximum absolute atomic E-state index is 12.0. The molecule has 18 heavy (non-hydrogen) atoms. The van der Waals surface area contributed by atoms with E-state index in [0.29, 0.717) is 29.5 Å². The summed E-state index contributed by atoms with van der Waals surface area (Å²) in [7, 11) is 2.95. The number of hydroxylamine groups is 2. The predicted molar refractivity (Wildman–Crippen MR) is 70.3 cm³/mol. The van der Waals surface area contributed by atoms with Crippen LogP contribution in [0, 0.1) is 5.92 Å². The molecule has 5 nitrogen and oxygen atoms in total. The van der Waals surface area contributed by atoms with E-state index in [0.717, 1.165) is 5.06 Å². The van der Waals surface area contributed by atoms with Crippen LogP contribution in [0.5, 0.6) is 5.75 Å². The average molecular weight is 252 g/mol. The highest BCUT2D eigenvalue weighted by Gasteiger charge is 2.15. The number of anilines is 1. The minimum Gasteiger partial charge on any atom is -0.493 e. The number of nitrogens with two attached hydrogens (primary N) is 1. The van der Waals surface area contributed by atoms with Gasteiger partial charge in [-0.3, -0.25) is 9.63 Å². The first-order chi connectivity index (χ1) is 8.45. The molecule has 1 rings (SSSR count). The second-order valence-corrected chi connectivity index (χ2v) is 4.44. The maximum atomic E-state index is 12.0. The summed E-state index contributed by atoms with van der Waals surface area (Å²) in [5.74, 6) is 0.749. The van der Waals surface area contributed by atoms with Crippen molar-refractivity contribution in [2.75, 3.05) is 26.5 Å². The molecule has 100 valence electrons. The number of amides is 1. The molecular weight excluding hydrogens is 232 g/mol. The molecule has 0 aliphatic carbocycles. The quantitative estimate of drug-likeness (QED) is 0.642. The molecule has 2 N–H and O–H groups in total. The highest BCUT2D eigenvalue weighted by atomic mass is 16.7. The molecule has 0 bridgehead atoms. The van der Waals surface area contributed by atoms with Crippen molar-refractivity contribution in [2.24, 2.45) is 5.92 Å². The monoisotopic (exact) mass is 252 g/mol. The van der Waals surface area contributed by atoms with Gasteiger partial charge >= 0.3 is 0 Å². The summed E-state index contributed by atoms with van der Waals surface area (Å²) in [6.07, 6.45) is 0. The molecule has 0 saturated carbocycles. The second kappa shape index (κ2) is 6.26. The Morgan fingerprint density at radius 1 is 1.44 bits per heavy atom. The number of benzene rings is 1. The van der Waals surface area contributed by atoms with Gasteiger partial charge in [0.15, 0.2) is 0 Å². The normalized spacial score (nSPS) is 10.5. The molecule has 0 aliphatic rings. The summed E-state index contributed by atoms with van der Waals surface area (Å²) in [4.78, 5) is 16.8. The van der Waals surface area contributed by atoms with Crippen molar-refractivity contribution in [1.29, 1.82) is 0 Å². The molecule has 0 spiro atoms. The average Bonchev–Trinajstić information content (AvgIpc) is 2.35. The number of carbonyl (C=O) groups excluding carboxylic acids is 1. The minimum atomic E-state index is -0.301. The van der Waals surface area contributed by atoms with Gasteiger partial charge in [0.2, 0.25) is 0 Å². The number of hydrogen-bond donors (Lipinski definition) is 1. The van der Waals surface area contributed by atoms with Crippen LogP contribution in [0.4, 0.5) is 5.69 Å². The van der Waals surface area contributed by atoms with Crippen molar-refractivity contribution in [1.82, 2.24) is 5.06 Å². The lowest BCUT2D eigenvalue weighted by atomic mass is 10.1. The summed E-state index contributed by atoms with van der Waals surface area (Å²) in [6, 6.07) is 5.04. The lowest BCUT2D eigenvalue weighted by molar-refractivity contribution is -0.0756. The van der Waals surface area contributed by atoms with Crippen LogP contribution in [0.25, 0.3) is 0 Å². The first-order valence-corrected chi connectivity index (χ1v) is 5.80. The van der Waals surface area contributed by atoms with Gasteiger partial charge in [-0.2, -0.15) is 0 Å². The standard InChI is InChI=1S/C13H20N2O3/c1-9(2)8-18-10-5-6-12(14)11(7-10)13(16)15(3)17-4/h5-7,9H,8,14H2,1-4H3. The topological polar surface area (TPSA) is 64.8 Å². The van der Waals surface area contributed by atoms with Crippen LogP contribution in [0.3, 0.4) is 0 Å². The number of carbonyl (C=O) groups is 1. The van der Waals surface area contributed by atoms with E-state index in [9.17, 15) is 4.79 Å². The largest absolute Gasteiger partial charge is 0.493 e. The summed E-state index contributed by atoms with van der Waals surface area (Å²) in [5, 5.41) is 1.12. The van der Waals surface area contributed by atoms with Crippen molar-refractivity contribution in [3.05, 3.63) is 23.8 Å². The van der Waals surface area contributed by atoms with Crippen molar-refractivity contribution in [2.45, 2.75) is 13.8 Å². The number of rotatable bonds is 5. The third kappa shape index (κ3) is 3.63. The maximum Gasteiger partial charge on any atom is 0.279 e. The molecule has 0 radical (unpaired) electrons. The van der Waals surface area contributed by atoms with Crippen LogP contribution in [0.2, 0.25) is 0 Å². The van der Waals surface area contributed by atoms with Crippen molar-refractivity contribution in [3.63, 3.8) is 0 Å². The highest BCUT2D eigenvalue weighted by molar-refractivity contribution is 5.98. The Kier molecular flexibility index (Phi) is 4.97. The highest BCUT2D eigenvalue weighted by Crippen LogP contribution is 2.21. The number of hydrogen-bond acceptors (Lipinski definition) is 4. The van der Waals surface area contributed by atoms with Gasteiger partial charge in [-0.15, -0.1) is 0 Å². The van der Waals surface area contributed by atoms with E-state index in [-0.39, 0.29) is 5.91 Å². The Balaban J connectivity index is 2.90. The number of nitrogens with zero attached hydrogens (tertiary/aromatic N) is 1. The van der Waals surface area contributed by atoms with Crippen LogP contribution in [0.15, 0.2) is 18.2 Å². The smallest absolute Gasteiger partial charge is 0.279 e. The van der Waals surface area contributed by atoms with Crippen LogP contribution >= 0.6 is 0 Å². The van der Waals surface area contributed by atoms with Crippen LogP contribution in [-0.2, 0) is 4.84 Å². The molecule has 0 aromatic heterocycles. The fourth-order valence-corrected chi connectivity index (χ4v) is 1.33. The van der Waals surface area contributed by atoms with Gasteiger partial charge in [0, 0.05) is 12.7 Å². The molecule has 0 unspecified atom stereocenters. The zero-order chi connectivity index (χ0) is 13.7. The first kappa shape index (κ1) is 14.3. The van der Waals surface area contributed by atoms with Gasteiger partial charge < -0.3 is 10.5 Å². The Morgan fingerprint density at radius 2 is 2.11 bits per heavy atom. The Morgan fingerprint density at radius 3 is 2.67 bits per heavy atom. The van der Waals surface area contributed by atoms with Gasteiger partial charge in [0.1, 0.15) is 5.75 Å². The van der Waals surface area contributed by atoms with Crippen LogP contribution < -0.4 is 10.5 Å².